The number of hydrogen-bond donors (Lipinski definition) is 2. The monoisotopic (exact) mass is 515 g/mol. The van der Waals surface area contributed by atoms with E-state index in [0.29, 0.717) is 39.5 Å². The number of nitrogens with one attached hydrogen (secondary N) is 2. The second kappa shape index (κ2) is 12.1. The summed E-state index contributed by atoms with van der Waals surface area (Å²) in [5.74, 6) is 0.964. The lowest BCUT2D eigenvalue weighted by Gasteiger charge is -2.22. The van der Waals surface area contributed by atoms with Crippen molar-refractivity contribution in [3.8, 4) is 5.75 Å². The molecule has 8 nitrogen and oxygen atoms in total. The fourth-order valence-corrected chi connectivity index (χ4v) is 4.59. The Morgan fingerprint density at radius 3 is 2.57 bits per heavy atom. The molecule has 3 aromatic rings. The Kier molecular flexibility index (Phi) is 9.17. The minimum Gasteiger partial charge on any atom is -0.495 e. The van der Waals surface area contributed by atoms with E-state index in [1.54, 1.807) is 31.4 Å². The van der Waals surface area contributed by atoms with Gasteiger partial charge in [-0.2, -0.15) is 0 Å². The summed E-state index contributed by atoms with van der Waals surface area (Å²) in [7, 11) is 1.57. The van der Waals surface area contributed by atoms with Crippen LogP contribution in [0.1, 0.15) is 48.6 Å². The van der Waals surface area contributed by atoms with Gasteiger partial charge in [0, 0.05) is 6.54 Å². The number of aromatic nitrogens is 3. The van der Waals surface area contributed by atoms with Crippen molar-refractivity contribution < 1.29 is 14.3 Å². The molecule has 0 spiro atoms. The number of thioether (sulfide) groups is 1. The molecule has 1 aromatic heterocycles. The molecule has 0 aliphatic heterocycles. The summed E-state index contributed by atoms with van der Waals surface area (Å²) in [4.78, 5) is 25.5. The van der Waals surface area contributed by atoms with Gasteiger partial charge in [0.1, 0.15) is 5.75 Å². The number of nitrogens with zero attached hydrogens (tertiary/aromatic N) is 3. The van der Waals surface area contributed by atoms with E-state index in [9.17, 15) is 9.59 Å². The second-order valence-corrected chi connectivity index (χ2v) is 9.65. The minimum atomic E-state index is -0.383. The van der Waals surface area contributed by atoms with Crippen molar-refractivity contribution in [1.82, 2.24) is 20.1 Å². The highest BCUT2D eigenvalue weighted by Gasteiger charge is 2.27. The van der Waals surface area contributed by atoms with Gasteiger partial charge in [-0.05, 0) is 49.6 Å². The topological polar surface area (TPSA) is 98.1 Å². The van der Waals surface area contributed by atoms with Crippen LogP contribution in [0.4, 0.5) is 5.69 Å². The number of anilines is 1. The summed E-state index contributed by atoms with van der Waals surface area (Å²) in [6.45, 7) is 8.51. The number of benzene rings is 2. The van der Waals surface area contributed by atoms with Crippen LogP contribution in [0, 0.1) is 12.8 Å². The molecule has 2 aromatic carbocycles. The summed E-state index contributed by atoms with van der Waals surface area (Å²) >= 11 is 7.49. The van der Waals surface area contributed by atoms with Crippen LogP contribution in [0.3, 0.4) is 0 Å². The number of halogens is 1. The molecule has 1 atom stereocenters. The summed E-state index contributed by atoms with van der Waals surface area (Å²) in [5.41, 5.74) is 2.04. The van der Waals surface area contributed by atoms with Gasteiger partial charge in [-0.25, -0.2) is 0 Å². The summed E-state index contributed by atoms with van der Waals surface area (Å²) in [6.07, 6.45) is 0. The Labute approximate surface area is 214 Å². The maximum absolute atomic E-state index is 12.9. The number of aryl methyl sites for hydroxylation is 1. The van der Waals surface area contributed by atoms with E-state index in [-0.39, 0.29) is 29.5 Å². The largest absolute Gasteiger partial charge is 0.495 e. The molecule has 2 N–H and O–H groups in total. The van der Waals surface area contributed by atoms with Crippen LogP contribution in [0.25, 0.3) is 0 Å². The summed E-state index contributed by atoms with van der Waals surface area (Å²) < 4.78 is 7.25. The average molecular weight is 516 g/mol. The Morgan fingerprint density at radius 1 is 1.17 bits per heavy atom. The summed E-state index contributed by atoms with van der Waals surface area (Å²) in [5, 5.41) is 15.6. The van der Waals surface area contributed by atoms with Crippen molar-refractivity contribution in [3.05, 3.63) is 64.4 Å². The molecule has 2 amide bonds. The molecule has 35 heavy (non-hydrogen) atoms. The van der Waals surface area contributed by atoms with Crippen molar-refractivity contribution in [2.24, 2.45) is 5.92 Å². The fraction of sp³-hybridized carbons (Fsp3) is 0.360. The Morgan fingerprint density at radius 2 is 1.91 bits per heavy atom. The number of ether oxygens (including phenoxy) is 1. The zero-order valence-electron chi connectivity index (χ0n) is 20.5. The lowest BCUT2D eigenvalue weighted by Crippen LogP contribution is -2.34. The zero-order chi connectivity index (χ0) is 25.5. The third-order valence-corrected chi connectivity index (χ3v) is 6.67. The maximum atomic E-state index is 12.9. The highest BCUT2D eigenvalue weighted by Crippen LogP contribution is 2.28. The van der Waals surface area contributed by atoms with Crippen LogP contribution in [0.5, 0.6) is 5.75 Å². The molecule has 186 valence electrons. The van der Waals surface area contributed by atoms with Crippen LogP contribution in [-0.4, -0.2) is 39.4 Å². The van der Waals surface area contributed by atoms with Gasteiger partial charge in [-0.15, -0.1) is 10.2 Å². The molecular weight excluding hydrogens is 486 g/mol. The Bertz CT molecular complexity index is 1200. The maximum Gasteiger partial charge on any atom is 0.253 e. The molecule has 1 heterocycles. The molecule has 0 bridgehead atoms. The van der Waals surface area contributed by atoms with E-state index in [2.05, 4.69) is 20.8 Å². The fourth-order valence-electron chi connectivity index (χ4n) is 3.56. The van der Waals surface area contributed by atoms with Gasteiger partial charge in [0.2, 0.25) is 5.91 Å². The Balaban J connectivity index is 1.73. The molecule has 0 saturated heterocycles. The predicted molar refractivity (Wildman–Crippen MR) is 139 cm³/mol. The van der Waals surface area contributed by atoms with E-state index in [1.165, 1.54) is 11.8 Å². The minimum absolute atomic E-state index is 0.0471. The highest BCUT2D eigenvalue weighted by atomic mass is 35.5. The molecule has 0 fully saturated rings. The molecule has 0 unspecified atom stereocenters. The third kappa shape index (κ3) is 6.55. The van der Waals surface area contributed by atoms with Gasteiger partial charge in [-0.1, -0.05) is 55.4 Å². The van der Waals surface area contributed by atoms with Gasteiger partial charge in [-0.3, -0.25) is 9.59 Å². The van der Waals surface area contributed by atoms with Crippen molar-refractivity contribution in [3.63, 3.8) is 0 Å². The van der Waals surface area contributed by atoms with E-state index in [0.717, 1.165) is 5.56 Å². The van der Waals surface area contributed by atoms with Crippen LogP contribution >= 0.6 is 23.4 Å². The van der Waals surface area contributed by atoms with Gasteiger partial charge in [0.15, 0.2) is 11.0 Å². The average Bonchev–Trinajstić information content (AvgIpc) is 3.23. The van der Waals surface area contributed by atoms with Crippen LogP contribution in [0.2, 0.25) is 5.02 Å². The van der Waals surface area contributed by atoms with Crippen molar-refractivity contribution >= 4 is 40.9 Å². The second-order valence-electron chi connectivity index (χ2n) is 8.30. The number of methoxy groups -OCH3 is 1. The zero-order valence-corrected chi connectivity index (χ0v) is 22.0. The van der Waals surface area contributed by atoms with Gasteiger partial charge in [0.25, 0.3) is 5.91 Å². The molecule has 10 heteroatoms. The van der Waals surface area contributed by atoms with Crippen molar-refractivity contribution in [1.29, 1.82) is 0 Å². The predicted octanol–water partition coefficient (Wildman–Crippen LogP) is 5.13. The van der Waals surface area contributed by atoms with Crippen molar-refractivity contribution in [2.45, 2.75) is 45.4 Å². The Hall–Kier alpha value is -3.04. The number of rotatable bonds is 10. The van der Waals surface area contributed by atoms with Crippen LogP contribution in [0.15, 0.2) is 47.6 Å². The van der Waals surface area contributed by atoms with Gasteiger partial charge < -0.3 is 19.9 Å². The quantitative estimate of drug-likeness (QED) is 0.363. The van der Waals surface area contributed by atoms with Crippen LogP contribution < -0.4 is 15.4 Å². The molecule has 0 saturated carbocycles. The first-order valence-electron chi connectivity index (χ1n) is 11.3. The molecular formula is C25H30ClN5O3S. The van der Waals surface area contributed by atoms with E-state index < -0.39 is 0 Å². The molecule has 0 aliphatic carbocycles. The number of carbonyl (C=O) groups is 2. The molecule has 0 aliphatic rings. The lowest BCUT2D eigenvalue weighted by atomic mass is 10.0. The first kappa shape index (κ1) is 26.6. The lowest BCUT2D eigenvalue weighted by molar-refractivity contribution is -0.113. The SMILES string of the molecule is CCn1c(SCC(=O)Nc2cc(C)ccc2OC)nnc1[C@H](NC(=O)c1ccccc1Cl)C(C)C. The van der Waals surface area contributed by atoms with Gasteiger partial charge >= 0.3 is 0 Å². The molecule has 0 radical (unpaired) electrons. The number of carbonyl (C=O) groups excluding carboxylic acids is 2. The smallest absolute Gasteiger partial charge is 0.253 e. The van der Waals surface area contributed by atoms with E-state index >= 15 is 0 Å². The highest BCUT2D eigenvalue weighted by molar-refractivity contribution is 7.99. The van der Waals surface area contributed by atoms with Gasteiger partial charge in [0.05, 0.1) is 35.2 Å². The normalized spacial score (nSPS) is 11.9. The standard InChI is InChI=1S/C25H30ClN5O3S/c1-6-31-23(22(15(2)3)28-24(33)17-9-7-8-10-18(17)26)29-30-25(31)35-14-21(32)27-19-13-16(4)11-12-20(19)34-5/h7-13,15,22H,6,14H2,1-5H3,(H,27,32)(H,28,33)/t22-/m1/s1. The number of amides is 2. The number of hydrogen-bond acceptors (Lipinski definition) is 6. The van der Waals surface area contributed by atoms with E-state index in [1.807, 2.05) is 50.5 Å². The van der Waals surface area contributed by atoms with Crippen molar-refractivity contribution in [2.75, 3.05) is 18.2 Å². The molecule has 3 rings (SSSR count). The van der Waals surface area contributed by atoms with E-state index in [4.69, 9.17) is 16.3 Å². The third-order valence-electron chi connectivity index (χ3n) is 5.37. The summed E-state index contributed by atoms with van der Waals surface area (Å²) in [6, 6.07) is 12.1. The first-order chi connectivity index (χ1) is 16.7. The first-order valence-corrected chi connectivity index (χ1v) is 12.7. The van der Waals surface area contributed by atoms with Crippen LogP contribution in [-0.2, 0) is 11.3 Å².